The van der Waals surface area contributed by atoms with Crippen molar-refractivity contribution < 1.29 is 4.74 Å². The van der Waals surface area contributed by atoms with E-state index in [0.29, 0.717) is 0 Å². The van der Waals surface area contributed by atoms with Gasteiger partial charge in [0.1, 0.15) is 12.3 Å². The molecule has 3 aromatic heterocycles. The molecule has 0 bridgehead atoms. The molecule has 0 saturated carbocycles. The quantitative estimate of drug-likeness (QED) is 0.508. The van der Waals surface area contributed by atoms with Crippen LogP contribution in [-0.2, 0) is 6.54 Å². The second-order valence-electron chi connectivity index (χ2n) is 6.64. The molecule has 0 spiro atoms. The third kappa shape index (κ3) is 3.71. The Hall–Kier alpha value is -3.98. The molecule has 142 valence electrons. The lowest BCUT2D eigenvalue weighted by molar-refractivity contribution is 0.414. The fraction of sp³-hybridized carbons (Fsp3) is 0.130. The maximum absolute atomic E-state index is 9.23. The van der Waals surface area contributed by atoms with Crippen molar-refractivity contribution in [2.75, 3.05) is 7.11 Å². The summed E-state index contributed by atoms with van der Waals surface area (Å²) < 4.78 is 7.14. The van der Waals surface area contributed by atoms with Crippen molar-refractivity contribution in [1.82, 2.24) is 19.7 Å². The third-order valence-corrected chi connectivity index (χ3v) is 4.65. The lowest BCUT2D eigenvalue weighted by Gasteiger charge is -2.11. The summed E-state index contributed by atoms with van der Waals surface area (Å²) in [6.45, 7) is 2.17. The van der Waals surface area contributed by atoms with Crippen LogP contribution in [0, 0.1) is 18.3 Å². The number of methoxy groups -OCH3 is 1. The van der Waals surface area contributed by atoms with Crippen LogP contribution in [-0.4, -0.2) is 26.9 Å². The highest BCUT2D eigenvalue weighted by Crippen LogP contribution is 2.34. The van der Waals surface area contributed by atoms with Gasteiger partial charge < -0.3 is 4.74 Å². The molecule has 0 aliphatic carbocycles. The molecule has 0 aliphatic heterocycles. The first-order valence-electron chi connectivity index (χ1n) is 9.15. The number of nitrogens with zero attached hydrogens (tertiary/aromatic N) is 5. The van der Waals surface area contributed by atoms with E-state index in [0.717, 1.165) is 45.0 Å². The van der Waals surface area contributed by atoms with Gasteiger partial charge in [0.05, 0.1) is 30.8 Å². The van der Waals surface area contributed by atoms with Gasteiger partial charge in [0.25, 0.3) is 0 Å². The number of aryl methyl sites for hydroxylation is 1. The normalized spacial score (nSPS) is 10.5. The molecular weight excluding hydrogens is 362 g/mol. The van der Waals surface area contributed by atoms with Crippen molar-refractivity contribution in [1.29, 1.82) is 5.26 Å². The lowest BCUT2D eigenvalue weighted by atomic mass is 10.0. The summed E-state index contributed by atoms with van der Waals surface area (Å²) >= 11 is 0. The van der Waals surface area contributed by atoms with Crippen molar-refractivity contribution >= 4 is 0 Å². The minimum absolute atomic E-state index is 0.160. The van der Waals surface area contributed by atoms with Gasteiger partial charge >= 0.3 is 0 Å². The maximum Gasteiger partial charge on any atom is 0.128 e. The molecule has 0 fully saturated rings. The molecule has 4 rings (SSSR count). The first kappa shape index (κ1) is 18.4. The highest BCUT2D eigenvalue weighted by Gasteiger charge is 2.16. The predicted octanol–water partition coefficient (Wildman–Crippen LogP) is 4.51. The molecular formula is C23H19N5O. The van der Waals surface area contributed by atoms with Crippen LogP contribution in [0.2, 0.25) is 0 Å². The average molecular weight is 381 g/mol. The van der Waals surface area contributed by atoms with E-state index < -0.39 is 0 Å². The van der Waals surface area contributed by atoms with E-state index in [9.17, 15) is 5.26 Å². The zero-order valence-electron chi connectivity index (χ0n) is 16.2. The SMILES string of the molecule is COc1cc(C)cc(-c2c(-c3ccc(-c4cccnc4)nc3)cnn2CC#N)c1. The first-order chi connectivity index (χ1) is 14.2. The first-order valence-corrected chi connectivity index (χ1v) is 9.15. The molecule has 0 amide bonds. The Morgan fingerprint density at radius 1 is 1.03 bits per heavy atom. The molecule has 29 heavy (non-hydrogen) atoms. The van der Waals surface area contributed by atoms with E-state index in [1.807, 2.05) is 49.5 Å². The Balaban J connectivity index is 1.81. The molecule has 0 unspecified atom stereocenters. The average Bonchev–Trinajstić information content (AvgIpc) is 3.18. The smallest absolute Gasteiger partial charge is 0.128 e. The van der Waals surface area contributed by atoms with Crippen LogP contribution >= 0.6 is 0 Å². The monoisotopic (exact) mass is 381 g/mol. The lowest BCUT2D eigenvalue weighted by Crippen LogP contribution is -2.01. The summed E-state index contributed by atoms with van der Waals surface area (Å²) in [5.74, 6) is 0.765. The minimum Gasteiger partial charge on any atom is -0.497 e. The van der Waals surface area contributed by atoms with Gasteiger partial charge in [0.15, 0.2) is 0 Å². The van der Waals surface area contributed by atoms with E-state index in [1.165, 1.54) is 0 Å². The van der Waals surface area contributed by atoms with E-state index in [1.54, 1.807) is 30.4 Å². The van der Waals surface area contributed by atoms with Crippen molar-refractivity contribution in [3.8, 4) is 45.5 Å². The number of aromatic nitrogens is 4. The summed E-state index contributed by atoms with van der Waals surface area (Å²) in [6.07, 6.45) is 7.14. The molecule has 6 heteroatoms. The van der Waals surface area contributed by atoms with Gasteiger partial charge in [0.2, 0.25) is 0 Å². The summed E-state index contributed by atoms with van der Waals surface area (Å²) in [7, 11) is 1.65. The molecule has 1 aromatic carbocycles. The fourth-order valence-corrected chi connectivity index (χ4v) is 3.33. The van der Waals surface area contributed by atoms with Gasteiger partial charge in [0, 0.05) is 40.8 Å². The van der Waals surface area contributed by atoms with E-state index in [2.05, 4.69) is 27.2 Å². The molecule has 0 N–H and O–H groups in total. The van der Waals surface area contributed by atoms with Crippen molar-refractivity contribution in [2.24, 2.45) is 0 Å². The van der Waals surface area contributed by atoms with E-state index in [-0.39, 0.29) is 6.54 Å². The van der Waals surface area contributed by atoms with Crippen molar-refractivity contribution in [2.45, 2.75) is 13.5 Å². The van der Waals surface area contributed by atoms with Gasteiger partial charge in [-0.05, 0) is 48.9 Å². The summed E-state index contributed by atoms with van der Waals surface area (Å²) in [4.78, 5) is 8.75. The molecule has 0 saturated heterocycles. The van der Waals surface area contributed by atoms with Crippen LogP contribution < -0.4 is 4.74 Å². The van der Waals surface area contributed by atoms with Gasteiger partial charge in [-0.3, -0.25) is 14.6 Å². The Morgan fingerprint density at radius 2 is 1.93 bits per heavy atom. The predicted molar refractivity (Wildman–Crippen MR) is 111 cm³/mol. The van der Waals surface area contributed by atoms with Gasteiger partial charge in [-0.2, -0.15) is 10.4 Å². The zero-order valence-corrected chi connectivity index (χ0v) is 16.2. The minimum atomic E-state index is 0.160. The summed E-state index contributed by atoms with van der Waals surface area (Å²) in [5.41, 5.74) is 6.54. The number of hydrogen-bond donors (Lipinski definition) is 0. The van der Waals surface area contributed by atoms with E-state index in [4.69, 9.17) is 4.74 Å². The number of nitriles is 1. The second kappa shape index (κ2) is 7.95. The van der Waals surface area contributed by atoms with Crippen molar-refractivity contribution in [3.05, 3.63) is 72.8 Å². The van der Waals surface area contributed by atoms with Gasteiger partial charge in [-0.15, -0.1) is 0 Å². The van der Waals surface area contributed by atoms with Crippen LogP contribution in [0.25, 0.3) is 33.6 Å². The zero-order chi connectivity index (χ0) is 20.2. The van der Waals surface area contributed by atoms with Crippen LogP contribution in [0.15, 0.2) is 67.3 Å². The second-order valence-corrected chi connectivity index (χ2v) is 6.64. The highest BCUT2D eigenvalue weighted by atomic mass is 16.5. The molecule has 6 nitrogen and oxygen atoms in total. The number of benzene rings is 1. The van der Waals surface area contributed by atoms with Crippen LogP contribution in [0.3, 0.4) is 0 Å². The summed E-state index contributed by atoms with van der Waals surface area (Å²) in [6, 6.07) is 16.0. The van der Waals surface area contributed by atoms with E-state index >= 15 is 0 Å². The highest BCUT2D eigenvalue weighted by molar-refractivity contribution is 5.82. The Labute approximate surface area is 169 Å². The topological polar surface area (TPSA) is 76.6 Å². The molecule has 0 atom stereocenters. The standard InChI is InChI=1S/C23H19N5O/c1-16-10-19(12-20(11-16)29-2)23-21(15-27-28(23)9-7-24)17-5-6-22(26-14-17)18-4-3-8-25-13-18/h3-6,8,10-15H,9H2,1-2H3. The van der Waals surface area contributed by atoms with Crippen molar-refractivity contribution in [3.63, 3.8) is 0 Å². The Morgan fingerprint density at radius 3 is 2.62 bits per heavy atom. The fourth-order valence-electron chi connectivity index (χ4n) is 3.33. The molecule has 0 aliphatic rings. The number of hydrogen-bond acceptors (Lipinski definition) is 5. The summed E-state index contributed by atoms with van der Waals surface area (Å²) in [5, 5.41) is 13.7. The van der Waals surface area contributed by atoms with Gasteiger partial charge in [-0.25, -0.2) is 0 Å². The number of rotatable bonds is 5. The van der Waals surface area contributed by atoms with Crippen LogP contribution in [0.1, 0.15) is 5.56 Å². The Bertz CT molecular complexity index is 1170. The number of pyridine rings is 2. The largest absolute Gasteiger partial charge is 0.497 e. The number of ether oxygens (including phenoxy) is 1. The Kier molecular flexibility index (Phi) is 5.04. The third-order valence-electron chi connectivity index (χ3n) is 4.65. The molecule has 0 radical (unpaired) electrons. The van der Waals surface area contributed by atoms with Crippen LogP contribution in [0.4, 0.5) is 0 Å². The maximum atomic E-state index is 9.23. The molecule has 4 aromatic rings. The van der Waals surface area contributed by atoms with Gasteiger partial charge in [-0.1, -0.05) is 6.07 Å². The molecule has 3 heterocycles. The van der Waals surface area contributed by atoms with Crippen LogP contribution in [0.5, 0.6) is 5.75 Å².